The van der Waals surface area contributed by atoms with Crippen molar-refractivity contribution in [2.24, 2.45) is 5.92 Å². The van der Waals surface area contributed by atoms with Gasteiger partial charge < -0.3 is 14.7 Å². The van der Waals surface area contributed by atoms with Gasteiger partial charge in [0, 0.05) is 50.0 Å². The topological polar surface area (TPSA) is 43.9 Å². The zero-order valence-corrected chi connectivity index (χ0v) is 15.9. The zero-order chi connectivity index (χ0) is 18.1. The summed E-state index contributed by atoms with van der Waals surface area (Å²) in [6.07, 6.45) is 0. The molecule has 0 radical (unpaired) electrons. The third kappa shape index (κ3) is 3.44. The van der Waals surface area contributed by atoms with Crippen LogP contribution in [0, 0.1) is 5.92 Å². The summed E-state index contributed by atoms with van der Waals surface area (Å²) >= 11 is 7.39. The quantitative estimate of drug-likeness (QED) is 0.810. The van der Waals surface area contributed by atoms with Gasteiger partial charge in [0.25, 0.3) is 5.91 Å². The fourth-order valence-corrected chi connectivity index (χ4v) is 4.27. The maximum Gasteiger partial charge on any atom is 0.263 e. The molecule has 136 valence electrons. The Morgan fingerprint density at radius 1 is 0.962 bits per heavy atom. The van der Waals surface area contributed by atoms with Gasteiger partial charge in [-0.05, 0) is 35.7 Å². The molecule has 0 N–H and O–H groups in total. The van der Waals surface area contributed by atoms with Gasteiger partial charge in [0.15, 0.2) is 0 Å². The lowest BCUT2D eigenvalue weighted by Crippen LogP contribution is -2.59. The lowest BCUT2D eigenvalue weighted by Gasteiger charge is -2.43. The van der Waals surface area contributed by atoms with E-state index in [1.165, 1.54) is 11.3 Å². The molecule has 26 heavy (non-hydrogen) atoms. The average Bonchev–Trinajstić information content (AvgIpc) is 3.16. The number of hydrogen-bond acceptors (Lipinski definition) is 4. The van der Waals surface area contributed by atoms with Crippen molar-refractivity contribution in [1.29, 1.82) is 0 Å². The van der Waals surface area contributed by atoms with Gasteiger partial charge in [0.2, 0.25) is 5.91 Å². The molecule has 4 rings (SSSR count). The zero-order valence-electron chi connectivity index (χ0n) is 14.3. The van der Waals surface area contributed by atoms with Crippen LogP contribution in [-0.2, 0) is 4.79 Å². The summed E-state index contributed by atoms with van der Waals surface area (Å²) in [6, 6.07) is 11.5. The van der Waals surface area contributed by atoms with Crippen LogP contribution in [0.3, 0.4) is 0 Å². The van der Waals surface area contributed by atoms with E-state index in [9.17, 15) is 9.59 Å². The summed E-state index contributed by atoms with van der Waals surface area (Å²) in [5, 5.41) is 2.63. The number of rotatable bonds is 3. The minimum atomic E-state index is -0.0546. The van der Waals surface area contributed by atoms with E-state index in [0.717, 1.165) is 41.8 Å². The van der Waals surface area contributed by atoms with Crippen molar-refractivity contribution in [1.82, 2.24) is 9.80 Å². The molecule has 0 saturated carbocycles. The van der Waals surface area contributed by atoms with E-state index in [4.69, 9.17) is 11.6 Å². The Bertz CT molecular complexity index is 780. The monoisotopic (exact) mass is 389 g/mol. The van der Waals surface area contributed by atoms with Crippen molar-refractivity contribution in [3.8, 4) is 0 Å². The van der Waals surface area contributed by atoms with E-state index in [-0.39, 0.29) is 17.7 Å². The van der Waals surface area contributed by atoms with Crippen molar-refractivity contribution in [2.45, 2.75) is 0 Å². The van der Waals surface area contributed by atoms with E-state index in [1.54, 1.807) is 4.90 Å². The van der Waals surface area contributed by atoms with Crippen molar-refractivity contribution < 1.29 is 9.59 Å². The molecular formula is C19H20ClN3O2S. The molecule has 2 fully saturated rings. The summed E-state index contributed by atoms with van der Waals surface area (Å²) in [7, 11) is 0. The van der Waals surface area contributed by atoms with Gasteiger partial charge in [0.1, 0.15) is 0 Å². The molecule has 2 aliphatic rings. The van der Waals surface area contributed by atoms with Gasteiger partial charge in [-0.15, -0.1) is 11.3 Å². The van der Waals surface area contributed by atoms with Crippen LogP contribution in [0.4, 0.5) is 5.69 Å². The summed E-state index contributed by atoms with van der Waals surface area (Å²) < 4.78 is 0. The number of likely N-dealkylation sites (tertiary alicyclic amines) is 1. The fraction of sp³-hybridized carbons (Fsp3) is 0.368. The number of benzene rings is 1. The maximum absolute atomic E-state index is 12.7. The highest BCUT2D eigenvalue weighted by Crippen LogP contribution is 2.24. The van der Waals surface area contributed by atoms with Crippen molar-refractivity contribution >= 4 is 40.4 Å². The summed E-state index contributed by atoms with van der Waals surface area (Å²) in [5.41, 5.74) is 1.14. The van der Waals surface area contributed by atoms with Crippen LogP contribution in [0.15, 0.2) is 41.8 Å². The lowest BCUT2D eigenvalue weighted by molar-refractivity contribution is -0.140. The number of piperazine rings is 1. The first kappa shape index (κ1) is 17.4. The molecule has 7 heteroatoms. The smallest absolute Gasteiger partial charge is 0.263 e. The molecule has 1 aromatic carbocycles. The summed E-state index contributed by atoms with van der Waals surface area (Å²) in [5.74, 6) is 0.161. The number of nitrogens with zero attached hydrogens (tertiary/aromatic N) is 3. The first-order chi connectivity index (χ1) is 12.6. The molecular weight excluding hydrogens is 370 g/mol. The predicted molar refractivity (Wildman–Crippen MR) is 104 cm³/mol. The molecule has 0 spiro atoms. The van der Waals surface area contributed by atoms with Gasteiger partial charge in [-0.25, -0.2) is 0 Å². The number of carbonyl (C=O) groups is 2. The number of carbonyl (C=O) groups excluding carboxylic acids is 2. The van der Waals surface area contributed by atoms with Crippen LogP contribution in [-0.4, -0.2) is 60.9 Å². The molecule has 0 aliphatic carbocycles. The minimum Gasteiger partial charge on any atom is -0.368 e. The van der Waals surface area contributed by atoms with Crippen molar-refractivity contribution in [3.05, 3.63) is 51.7 Å². The van der Waals surface area contributed by atoms with Crippen molar-refractivity contribution in [2.75, 3.05) is 44.2 Å². The van der Waals surface area contributed by atoms with E-state index < -0.39 is 0 Å². The molecule has 0 atom stereocenters. The predicted octanol–water partition coefficient (Wildman–Crippen LogP) is 2.82. The standard InChI is InChI=1S/C19H20ClN3O2S/c20-15-3-5-16(6-4-15)21-7-9-22(10-8-21)18(24)14-12-23(13-14)19(25)17-2-1-11-26-17/h1-6,11,14H,7-10,12-13H2. The van der Waals surface area contributed by atoms with Gasteiger partial charge in [0.05, 0.1) is 10.8 Å². The first-order valence-electron chi connectivity index (χ1n) is 8.74. The van der Waals surface area contributed by atoms with Crippen LogP contribution in [0.2, 0.25) is 5.02 Å². The Morgan fingerprint density at radius 2 is 1.65 bits per heavy atom. The van der Waals surface area contributed by atoms with Crippen LogP contribution in [0.5, 0.6) is 0 Å². The Labute approximate surface area is 161 Å². The first-order valence-corrected chi connectivity index (χ1v) is 9.99. The molecule has 0 bridgehead atoms. The number of halogens is 1. The number of hydrogen-bond donors (Lipinski definition) is 0. The second-order valence-corrected chi connectivity index (χ2v) is 8.06. The van der Waals surface area contributed by atoms with Gasteiger partial charge in [-0.2, -0.15) is 0 Å². The van der Waals surface area contributed by atoms with Crippen LogP contribution >= 0.6 is 22.9 Å². The average molecular weight is 390 g/mol. The Balaban J connectivity index is 1.27. The maximum atomic E-state index is 12.7. The lowest BCUT2D eigenvalue weighted by atomic mass is 9.97. The Hall–Kier alpha value is -2.05. The minimum absolute atomic E-state index is 0.0385. The van der Waals surface area contributed by atoms with Gasteiger partial charge in [-0.1, -0.05) is 17.7 Å². The van der Waals surface area contributed by atoms with Gasteiger partial charge >= 0.3 is 0 Å². The summed E-state index contributed by atoms with van der Waals surface area (Å²) in [6.45, 7) is 4.14. The van der Waals surface area contributed by atoms with Crippen LogP contribution in [0.1, 0.15) is 9.67 Å². The second kappa shape index (κ2) is 7.29. The molecule has 5 nitrogen and oxygen atoms in total. The molecule has 1 aromatic heterocycles. The largest absolute Gasteiger partial charge is 0.368 e. The summed E-state index contributed by atoms with van der Waals surface area (Å²) in [4.78, 5) is 31.6. The number of amides is 2. The van der Waals surface area contributed by atoms with Crippen LogP contribution in [0.25, 0.3) is 0 Å². The SMILES string of the molecule is O=C(c1cccs1)N1CC(C(=O)N2CCN(c3ccc(Cl)cc3)CC2)C1. The van der Waals surface area contributed by atoms with Gasteiger partial charge in [-0.3, -0.25) is 9.59 Å². The van der Waals surface area contributed by atoms with Crippen LogP contribution < -0.4 is 4.90 Å². The molecule has 2 saturated heterocycles. The highest BCUT2D eigenvalue weighted by Gasteiger charge is 2.39. The second-order valence-electron chi connectivity index (χ2n) is 6.67. The van der Waals surface area contributed by atoms with E-state index in [0.29, 0.717) is 13.1 Å². The van der Waals surface area contributed by atoms with E-state index >= 15 is 0 Å². The van der Waals surface area contributed by atoms with E-state index in [1.807, 2.05) is 46.7 Å². The Morgan fingerprint density at radius 3 is 2.27 bits per heavy atom. The number of anilines is 1. The van der Waals surface area contributed by atoms with E-state index in [2.05, 4.69) is 4.90 Å². The molecule has 3 heterocycles. The Kier molecular flexibility index (Phi) is 4.87. The fourth-order valence-electron chi connectivity index (χ4n) is 3.45. The highest BCUT2D eigenvalue weighted by atomic mass is 35.5. The highest BCUT2D eigenvalue weighted by molar-refractivity contribution is 7.12. The van der Waals surface area contributed by atoms with Crippen molar-refractivity contribution in [3.63, 3.8) is 0 Å². The third-order valence-corrected chi connectivity index (χ3v) is 6.14. The molecule has 2 aromatic rings. The molecule has 0 unspecified atom stereocenters. The molecule has 2 amide bonds. The molecule has 2 aliphatic heterocycles. The third-order valence-electron chi connectivity index (χ3n) is 5.03. The number of thiophene rings is 1. The normalized spacial score (nSPS) is 18.0.